The van der Waals surface area contributed by atoms with Gasteiger partial charge in [-0.2, -0.15) is 0 Å². The van der Waals surface area contributed by atoms with Gasteiger partial charge in [-0.15, -0.1) is 0 Å². The molecular weight excluding hydrogens is 631 g/mol. The van der Waals surface area contributed by atoms with Crippen molar-refractivity contribution in [3.05, 3.63) is 200 Å². The second kappa shape index (κ2) is 12.5. The molecule has 0 fully saturated rings. The van der Waals surface area contributed by atoms with E-state index < -0.39 is 0 Å². The lowest BCUT2D eigenvalue weighted by molar-refractivity contribution is 0.672. The molecule has 0 saturated heterocycles. The van der Waals surface area contributed by atoms with Gasteiger partial charge in [0.05, 0.1) is 11.2 Å². The molecule has 10 rings (SSSR count). The van der Waals surface area contributed by atoms with Gasteiger partial charge in [-0.3, -0.25) is 0 Å². The molecule has 0 aliphatic rings. The van der Waals surface area contributed by atoms with Crippen molar-refractivity contribution in [3.8, 4) is 33.4 Å². The lowest BCUT2D eigenvalue weighted by Crippen LogP contribution is -2.11. The summed E-state index contributed by atoms with van der Waals surface area (Å²) >= 11 is 0. The van der Waals surface area contributed by atoms with Crippen LogP contribution in [0.25, 0.3) is 76.9 Å². The predicted octanol–water partition coefficient (Wildman–Crippen LogP) is 14.4. The van der Waals surface area contributed by atoms with Crippen molar-refractivity contribution in [1.82, 2.24) is 0 Å². The highest BCUT2D eigenvalue weighted by Crippen LogP contribution is 2.46. The van der Waals surface area contributed by atoms with Crippen molar-refractivity contribution in [1.29, 1.82) is 0 Å². The Morgan fingerprint density at radius 2 is 1.02 bits per heavy atom. The normalized spacial score (nSPS) is 12.5. The fourth-order valence-electron chi connectivity index (χ4n) is 7.49. The van der Waals surface area contributed by atoms with Gasteiger partial charge in [-0.05, 0) is 86.4 Å². The summed E-state index contributed by atoms with van der Waals surface area (Å²) in [7, 11) is 0. The molecule has 52 heavy (non-hydrogen) atoms. The van der Waals surface area contributed by atoms with Gasteiger partial charge in [-0.25, -0.2) is 0 Å². The van der Waals surface area contributed by atoms with Crippen molar-refractivity contribution in [3.63, 3.8) is 0 Å². The third-order valence-electron chi connectivity index (χ3n) is 9.94. The number of hydrogen-bond acceptors (Lipinski definition) is 2. The number of para-hydroxylation sites is 2. The van der Waals surface area contributed by atoms with Crippen LogP contribution in [0.3, 0.4) is 0 Å². The van der Waals surface area contributed by atoms with Gasteiger partial charge >= 0.3 is 0 Å². The van der Waals surface area contributed by atoms with E-state index in [1.807, 2.05) is 108 Å². The van der Waals surface area contributed by atoms with Gasteiger partial charge in [0.1, 0.15) is 11.2 Å². The third-order valence-corrected chi connectivity index (χ3v) is 9.94. The molecule has 9 aromatic carbocycles. The Kier molecular flexibility index (Phi) is 6.22. The smallest absolute Gasteiger partial charge is 0.143 e. The van der Waals surface area contributed by atoms with Gasteiger partial charge in [0.2, 0.25) is 0 Å². The molecule has 0 unspecified atom stereocenters. The maximum Gasteiger partial charge on any atom is 0.143 e. The molecule has 2 nitrogen and oxygen atoms in total. The molecule has 0 bridgehead atoms. The summed E-state index contributed by atoms with van der Waals surface area (Å²) in [6, 6.07) is 58.1. The highest BCUT2D eigenvalue weighted by atomic mass is 16.3. The van der Waals surface area contributed by atoms with E-state index in [9.17, 15) is 5.48 Å². The first kappa shape index (κ1) is 26.0. The fraction of sp³-hybridized carbons (Fsp3) is 0. The van der Waals surface area contributed by atoms with Gasteiger partial charge < -0.3 is 9.32 Å². The number of fused-ring (bicyclic) bond motifs is 6. The van der Waals surface area contributed by atoms with Crippen LogP contribution in [0.4, 0.5) is 17.1 Å². The van der Waals surface area contributed by atoms with Crippen molar-refractivity contribution < 1.29 is 9.90 Å². The largest absolute Gasteiger partial charge is 0.455 e. The molecule has 10 aromatic rings. The van der Waals surface area contributed by atoms with Crippen LogP contribution >= 0.6 is 0 Å². The number of nitrogens with zero attached hydrogens (tertiary/aromatic N) is 1. The molecule has 0 aliphatic heterocycles. The molecule has 1 heterocycles. The highest BCUT2D eigenvalue weighted by molar-refractivity contribution is 6.19. The summed E-state index contributed by atoms with van der Waals surface area (Å²) in [5.41, 5.74) is 8.09. The van der Waals surface area contributed by atoms with Crippen molar-refractivity contribution in [2.75, 3.05) is 4.90 Å². The van der Waals surface area contributed by atoms with Crippen molar-refractivity contribution >= 4 is 60.5 Å². The molecule has 0 atom stereocenters. The Morgan fingerprint density at radius 1 is 0.385 bits per heavy atom. The second-order valence-electron chi connectivity index (χ2n) is 13.0. The summed E-state index contributed by atoms with van der Waals surface area (Å²) < 4.78 is 44.2. The Balaban J connectivity index is 1.24. The van der Waals surface area contributed by atoms with Crippen LogP contribution in [0, 0.1) is 0 Å². The highest BCUT2D eigenvalue weighted by Gasteiger charge is 2.21. The average Bonchev–Trinajstić information content (AvgIpc) is 3.63. The first-order chi connectivity index (χ1) is 27.5. The van der Waals surface area contributed by atoms with Crippen LogP contribution in [0.2, 0.25) is 0 Å². The van der Waals surface area contributed by atoms with Gasteiger partial charge in [-0.1, -0.05) is 158 Å². The van der Waals surface area contributed by atoms with Gasteiger partial charge in [0, 0.05) is 33.1 Å². The molecular formula is C50H33NO. The second-order valence-corrected chi connectivity index (χ2v) is 13.0. The topological polar surface area (TPSA) is 16.4 Å². The van der Waals surface area contributed by atoms with E-state index in [4.69, 9.17) is 4.42 Å². The number of anilines is 3. The van der Waals surface area contributed by atoms with Gasteiger partial charge in [0.25, 0.3) is 0 Å². The van der Waals surface area contributed by atoms with E-state index in [0.717, 1.165) is 71.4 Å². The summed E-state index contributed by atoms with van der Waals surface area (Å²) in [5, 5.41) is 6.29. The van der Waals surface area contributed by atoms with Gasteiger partial charge in [0.15, 0.2) is 0 Å². The van der Waals surface area contributed by atoms with Crippen LogP contribution in [-0.4, -0.2) is 0 Å². The third kappa shape index (κ3) is 5.04. The summed E-state index contributed by atoms with van der Waals surface area (Å²) in [5.74, 6) is 0. The summed E-state index contributed by atoms with van der Waals surface area (Å²) in [6.07, 6.45) is 0. The zero-order chi connectivity index (χ0) is 37.9. The minimum Gasteiger partial charge on any atom is -0.455 e. The number of furan rings is 1. The van der Waals surface area contributed by atoms with E-state index in [0.29, 0.717) is 11.3 Å². The maximum atomic E-state index is 9.56. The standard InChI is InChI=1S/C50H33NO/c1-2-13-34(14-3-1)35-25-29-38(30-26-35)51(39-31-27-37(28-32-39)41-22-12-16-36-15-4-5-17-40(36)41)48-23-10-8-19-43(48)46-33-47-44-20-9-11-24-49(44)52-50(47)45-21-7-6-18-42(45)46/h1-33H/i25D,26D,29D,30D. The molecule has 1 aromatic heterocycles. The molecule has 0 radical (unpaired) electrons. The zero-order valence-electron chi connectivity index (χ0n) is 32.1. The molecule has 0 saturated carbocycles. The maximum absolute atomic E-state index is 9.56. The van der Waals surface area contributed by atoms with Crippen LogP contribution in [0.1, 0.15) is 5.48 Å². The van der Waals surface area contributed by atoms with Crippen molar-refractivity contribution in [2.24, 2.45) is 0 Å². The quantitative estimate of drug-likeness (QED) is 0.175. The number of hydrogen-bond donors (Lipinski definition) is 0. The number of rotatable bonds is 6. The Morgan fingerprint density at radius 3 is 1.85 bits per heavy atom. The molecule has 244 valence electrons. The molecule has 0 aliphatic carbocycles. The minimum atomic E-state index is -0.126. The summed E-state index contributed by atoms with van der Waals surface area (Å²) in [4.78, 5) is 1.89. The zero-order valence-corrected chi connectivity index (χ0v) is 28.1. The van der Waals surface area contributed by atoms with Crippen molar-refractivity contribution in [2.45, 2.75) is 0 Å². The SMILES string of the molecule is [2H]c1c([2H])c(N(c2ccc(-c3cccc4ccccc34)cc2)c2ccccc2-c2cc3c4ccccc4oc3c3ccccc23)c([2H])c([2H])c1-c1ccccc1. The average molecular weight is 668 g/mol. The molecule has 0 N–H and O–H groups in total. The lowest BCUT2D eigenvalue weighted by Gasteiger charge is -2.28. The summed E-state index contributed by atoms with van der Waals surface area (Å²) in [6.45, 7) is 0. The molecule has 0 spiro atoms. The van der Waals surface area contributed by atoms with Crippen LogP contribution in [0.15, 0.2) is 205 Å². The van der Waals surface area contributed by atoms with E-state index in [2.05, 4.69) is 72.8 Å². The van der Waals surface area contributed by atoms with Crippen LogP contribution in [0.5, 0.6) is 0 Å². The van der Waals surface area contributed by atoms with E-state index in [1.54, 1.807) is 0 Å². The minimum absolute atomic E-state index is 0.0983. The first-order valence-electron chi connectivity index (χ1n) is 19.4. The lowest BCUT2D eigenvalue weighted by atomic mass is 9.93. The Hall–Kier alpha value is -6.90. The van der Waals surface area contributed by atoms with E-state index in [1.165, 1.54) is 0 Å². The van der Waals surface area contributed by atoms with Crippen LogP contribution in [-0.2, 0) is 0 Å². The fourth-order valence-corrected chi connectivity index (χ4v) is 7.49. The molecule has 0 amide bonds. The first-order valence-corrected chi connectivity index (χ1v) is 17.4. The van der Waals surface area contributed by atoms with E-state index in [-0.39, 0.29) is 35.4 Å². The molecule has 2 heteroatoms. The van der Waals surface area contributed by atoms with E-state index >= 15 is 0 Å². The Bertz CT molecular complexity index is 3100. The monoisotopic (exact) mass is 667 g/mol. The number of benzene rings is 9. The van der Waals surface area contributed by atoms with Crippen LogP contribution < -0.4 is 4.90 Å². The predicted molar refractivity (Wildman–Crippen MR) is 220 cm³/mol. The Labute approximate surface area is 308 Å².